The lowest BCUT2D eigenvalue weighted by Crippen LogP contribution is -2.38. The average molecular weight is 463 g/mol. The molecule has 0 fully saturated rings. The van der Waals surface area contributed by atoms with Gasteiger partial charge < -0.3 is 5.32 Å². The molecule has 0 aliphatic heterocycles. The van der Waals surface area contributed by atoms with Crippen molar-refractivity contribution in [2.75, 3.05) is 16.2 Å². The fourth-order valence-corrected chi connectivity index (χ4v) is 4.84. The van der Waals surface area contributed by atoms with Crippen molar-refractivity contribution in [2.24, 2.45) is 0 Å². The van der Waals surface area contributed by atoms with Crippen molar-refractivity contribution in [1.82, 2.24) is 0 Å². The number of aryl methyl sites for hydroxylation is 2. The third-order valence-electron chi connectivity index (χ3n) is 4.43. The van der Waals surface area contributed by atoms with Crippen LogP contribution in [0.3, 0.4) is 0 Å². The predicted molar refractivity (Wildman–Crippen MR) is 122 cm³/mol. The highest BCUT2D eigenvalue weighted by Gasteiger charge is 2.28. The summed E-state index contributed by atoms with van der Waals surface area (Å²) in [5.74, 6) is -0.498. The Hall–Kier alpha value is -2.54. The summed E-state index contributed by atoms with van der Waals surface area (Å²) >= 11 is 12.0. The summed E-state index contributed by atoms with van der Waals surface area (Å²) in [6.45, 7) is 3.20. The Morgan fingerprint density at radius 3 is 2.23 bits per heavy atom. The maximum Gasteiger partial charge on any atom is 0.264 e. The second-order valence-corrected chi connectivity index (χ2v) is 9.55. The minimum atomic E-state index is -4.00. The van der Waals surface area contributed by atoms with Crippen LogP contribution in [0, 0.1) is 13.8 Å². The fraction of sp³-hybridized carbons (Fsp3) is 0.136. The molecule has 0 spiro atoms. The number of carbonyl (C=O) groups excluding carboxylic acids is 1. The number of nitrogens with zero attached hydrogens (tertiary/aromatic N) is 1. The number of hydrogen-bond donors (Lipinski definition) is 1. The van der Waals surface area contributed by atoms with Gasteiger partial charge in [0, 0.05) is 15.7 Å². The Morgan fingerprint density at radius 1 is 0.933 bits per heavy atom. The average Bonchev–Trinajstić information content (AvgIpc) is 2.67. The van der Waals surface area contributed by atoms with E-state index in [0.717, 1.165) is 9.87 Å². The second-order valence-electron chi connectivity index (χ2n) is 6.81. The summed E-state index contributed by atoms with van der Waals surface area (Å²) in [5.41, 5.74) is 2.42. The van der Waals surface area contributed by atoms with E-state index in [1.165, 1.54) is 12.1 Å². The molecule has 0 bridgehead atoms. The van der Waals surface area contributed by atoms with E-state index >= 15 is 0 Å². The zero-order chi connectivity index (χ0) is 21.9. The van der Waals surface area contributed by atoms with Crippen LogP contribution in [0.15, 0.2) is 71.6 Å². The van der Waals surface area contributed by atoms with Crippen molar-refractivity contribution >= 4 is 50.5 Å². The number of amides is 1. The van der Waals surface area contributed by atoms with Gasteiger partial charge in [0.15, 0.2) is 0 Å². The van der Waals surface area contributed by atoms with E-state index in [-0.39, 0.29) is 4.90 Å². The summed E-state index contributed by atoms with van der Waals surface area (Å²) in [6.07, 6.45) is 0. The molecule has 5 nitrogen and oxygen atoms in total. The van der Waals surface area contributed by atoms with Crippen molar-refractivity contribution in [3.05, 3.63) is 87.9 Å². The molecular formula is C22H20Cl2N2O3S. The number of carbonyl (C=O) groups is 1. The van der Waals surface area contributed by atoms with Crippen molar-refractivity contribution < 1.29 is 13.2 Å². The number of benzene rings is 3. The van der Waals surface area contributed by atoms with Crippen LogP contribution >= 0.6 is 23.2 Å². The van der Waals surface area contributed by atoms with Gasteiger partial charge in [0.2, 0.25) is 5.91 Å². The molecule has 156 valence electrons. The highest BCUT2D eigenvalue weighted by molar-refractivity contribution is 7.92. The fourth-order valence-electron chi connectivity index (χ4n) is 2.93. The van der Waals surface area contributed by atoms with Gasteiger partial charge in [0.05, 0.1) is 10.6 Å². The SMILES string of the molecule is Cc1ccc(S(=O)(=O)N(CC(=O)Nc2cccc(Cl)c2)c2ccc(Cl)cc2C)cc1. The molecular weight excluding hydrogens is 443 g/mol. The molecule has 3 rings (SSSR count). The molecule has 0 aromatic heterocycles. The number of rotatable bonds is 6. The van der Waals surface area contributed by atoms with Gasteiger partial charge >= 0.3 is 0 Å². The lowest BCUT2D eigenvalue weighted by atomic mass is 10.2. The van der Waals surface area contributed by atoms with Crippen LogP contribution in [0.2, 0.25) is 10.0 Å². The maximum absolute atomic E-state index is 13.4. The first-order valence-corrected chi connectivity index (χ1v) is 11.3. The summed E-state index contributed by atoms with van der Waals surface area (Å²) in [6, 6.07) is 18.0. The monoisotopic (exact) mass is 462 g/mol. The normalized spacial score (nSPS) is 11.2. The quantitative estimate of drug-likeness (QED) is 0.529. The van der Waals surface area contributed by atoms with Gasteiger partial charge in [0.25, 0.3) is 10.0 Å². The molecule has 0 saturated heterocycles. The van der Waals surface area contributed by atoms with E-state index in [4.69, 9.17) is 23.2 Å². The zero-order valence-corrected chi connectivity index (χ0v) is 18.7. The van der Waals surface area contributed by atoms with Gasteiger partial charge in [-0.1, -0.05) is 47.0 Å². The molecule has 0 unspecified atom stereocenters. The molecule has 0 heterocycles. The standard InChI is InChI=1S/C22H20Cl2N2O3S/c1-15-6-9-20(10-7-15)30(28,29)26(21-11-8-18(24)12-16(21)2)14-22(27)25-19-5-3-4-17(23)13-19/h3-13H,14H2,1-2H3,(H,25,27). The minimum Gasteiger partial charge on any atom is -0.324 e. The lowest BCUT2D eigenvalue weighted by molar-refractivity contribution is -0.114. The van der Waals surface area contributed by atoms with E-state index in [2.05, 4.69) is 5.32 Å². The van der Waals surface area contributed by atoms with Gasteiger partial charge in [-0.05, 0) is 67.9 Å². The number of halogens is 2. The Bertz CT molecular complexity index is 1180. The van der Waals surface area contributed by atoms with Crippen LogP contribution in [0.5, 0.6) is 0 Å². The van der Waals surface area contributed by atoms with Crippen LogP contribution in [0.25, 0.3) is 0 Å². The number of hydrogen-bond acceptors (Lipinski definition) is 3. The molecule has 0 radical (unpaired) electrons. The second kappa shape index (κ2) is 9.08. The zero-order valence-electron chi connectivity index (χ0n) is 16.4. The van der Waals surface area contributed by atoms with Crippen molar-refractivity contribution in [3.8, 4) is 0 Å². The minimum absolute atomic E-state index is 0.0954. The summed E-state index contributed by atoms with van der Waals surface area (Å²) < 4.78 is 27.9. The van der Waals surface area contributed by atoms with Crippen LogP contribution < -0.4 is 9.62 Å². The molecule has 1 amide bonds. The highest BCUT2D eigenvalue weighted by Crippen LogP contribution is 2.29. The van der Waals surface area contributed by atoms with Crippen molar-refractivity contribution in [2.45, 2.75) is 18.7 Å². The molecule has 3 aromatic carbocycles. The van der Waals surface area contributed by atoms with Gasteiger partial charge in [-0.3, -0.25) is 9.10 Å². The third kappa shape index (κ3) is 5.14. The Labute approximate surface area is 186 Å². The van der Waals surface area contributed by atoms with E-state index < -0.39 is 22.5 Å². The smallest absolute Gasteiger partial charge is 0.264 e. The molecule has 30 heavy (non-hydrogen) atoms. The van der Waals surface area contributed by atoms with E-state index in [9.17, 15) is 13.2 Å². The summed E-state index contributed by atoms with van der Waals surface area (Å²) in [5, 5.41) is 3.63. The van der Waals surface area contributed by atoms with E-state index in [1.807, 2.05) is 6.92 Å². The number of sulfonamides is 1. The first kappa shape index (κ1) is 22.2. The molecule has 0 aliphatic rings. The third-order valence-corrected chi connectivity index (χ3v) is 6.68. The van der Waals surface area contributed by atoms with E-state index in [0.29, 0.717) is 27.0 Å². The van der Waals surface area contributed by atoms with Gasteiger partial charge in [-0.2, -0.15) is 0 Å². The molecule has 0 saturated carbocycles. The highest BCUT2D eigenvalue weighted by atomic mass is 35.5. The molecule has 3 aromatic rings. The van der Waals surface area contributed by atoms with Crippen LogP contribution in [0.1, 0.15) is 11.1 Å². The first-order valence-electron chi connectivity index (χ1n) is 9.08. The Balaban J connectivity index is 1.99. The lowest BCUT2D eigenvalue weighted by Gasteiger charge is -2.26. The first-order chi connectivity index (χ1) is 14.2. The Kier molecular flexibility index (Phi) is 6.71. The predicted octanol–water partition coefficient (Wildman–Crippen LogP) is 5.44. The van der Waals surface area contributed by atoms with Crippen LogP contribution in [-0.4, -0.2) is 20.9 Å². The van der Waals surface area contributed by atoms with Crippen molar-refractivity contribution in [1.29, 1.82) is 0 Å². The maximum atomic E-state index is 13.4. The largest absolute Gasteiger partial charge is 0.324 e. The van der Waals surface area contributed by atoms with Gasteiger partial charge in [-0.15, -0.1) is 0 Å². The summed E-state index contributed by atoms with van der Waals surface area (Å²) in [4.78, 5) is 12.8. The van der Waals surface area contributed by atoms with Gasteiger partial charge in [-0.25, -0.2) is 8.42 Å². The number of nitrogens with one attached hydrogen (secondary N) is 1. The van der Waals surface area contributed by atoms with Crippen molar-refractivity contribution in [3.63, 3.8) is 0 Å². The van der Waals surface area contributed by atoms with Gasteiger partial charge in [0.1, 0.15) is 6.54 Å². The van der Waals surface area contributed by atoms with E-state index in [1.54, 1.807) is 61.5 Å². The molecule has 0 aliphatic carbocycles. The Morgan fingerprint density at radius 2 is 1.60 bits per heavy atom. The number of anilines is 2. The molecule has 1 N–H and O–H groups in total. The molecule has 0 atom stereocenters. The van der Waals surface area contributed by atoms with Crippen LogP contribution in [0.4, 0.5) is 11.4 Å². The summed E-state index contributed by atoms with van der Waals surface area (Å²) in [7, 11) is -4.00. The topological polar surface area (TPSA) is 66.5 Å². The van der Waals surface area contributed by atoms with Crippen LogP contribution in [-0.2, 0) is 14.8 Å². The molecule has 8 heteroatoms.